The summed E-state index contributed by atoms with van der Waals surface area (Å²) in [5, 5.41) is 4.46. The second-order valence-corrected chi connectivity index (χ2v) is 10.9. The molecule has 0 bridgehead atoms. The molecule has 0 radical (unpaired) electrons. The number of hydrogen-bond donors (Lipinski definition) is 1. The van der Waals surface area contributed by atoms with Crippen LogP contribution in [0.1, 0.15) is 65.7 Å². The fraction of sp³-hybridized carbons (Fsp3) is 0.333. The summed E-state index contributed by atoms with van der Waals surface area (Å²) in [7, 11) is 0. The van der Waals surface area contributed by atoms with Crippen LogP contribution in [0.2, 0.25) is 0 Å². The number of nitrogens with one attached hydrogen (secondary N) is 1. The zero-order chi connectivity index (χ0) is 26.1. The Hall–Kier alpha value is -3.86. The van der Waals surface area contributed by atoms with Crippen LogP contribution in [-0.4, -0.2) is 27.3 Å². The van der Waals surface area contributed by atoms with Crippen molar-refractivity contribution >= 4 is 22.7 Å². The molecule has 2 heterocycles. The first-order valence-electron chi connectivity index (χ1n) is 13.9. The van der Waals surface area contributed by atoms with Gasteiger partial charge in [0, 0.05) is 23.5 Å². The number of hydrogen-bond acceptors (Lipinski definition) is 2. The van der Waals surface area contributed by atoms with Crippen LogP contribution in [0.25, 0.3) is 10.9 Å². The van der Waals surface area contributed by atoms with E-state index in [-0.39, 0.29) is 17.9 Å². The van der Waals surface area contributed by atoms with Gasteiger partial charge in [0.25, 0.3) is 11.8 Å². The number of nitrogens with zero attached hydrogens (tertiary/aromatic N) is 2. The number of amides is 2. The molecular weight excluding hydrogens is 470 g/mol. The van der Waals surface area contributed by atoms with Gasteiger partial charge in [0.15, 0.2) is 5.54 Å². The van der Waals surface area contributed by atoms with E-state index in [1.807, 2.05) is 71.6 Å². The molecule has 4 aromatic rings. The van der Waals surface area contributed by atoms with E-state index < -0.39 is 5.54 Å². The van der Waals surface area contributed by atoms with E-state index in [0.29, 0.717) is 18.8 Å². The molecule has 1 saturated carbocycles. The summed E-state index contributed by atoms with van der Waals surface area (Å²) in [5.74, 6) is -0.200. The minimum Gasteiger partial charge on any atom is -0.351 e. The van der Waals surface area contributed by atoms with E-state index in [1.54, 1.807) is 0 Å². The van der Waals surface area contributed by atoms with Gasteiger partial charge < -0.3 is 14.8 Å². The minimum absolute atomic E-state index is 0.0833. The molecule has 1 aliphatic heterocycles. The lowest BCUT2D eigenvalue weighted by atomic mass is 9.83. The SMILES string of the molecule is Cc1ccc2cc3n(c2c1)C[C@](C(=O)NC1CCCCCC1)(c1ccccc1)N(Cc1ccccc1)C3=O. The van der Waals surface area contributed by atoms with E-state index in [1.165, 1.54) is 12.8 Å². The number of carbonyl (C=O) groups excluding carboxylic acids is 2. The Morgan fingerprint density at radius 2 is 1.58 bits per heavy atom. The fourth-order valence-corrected chi connectivity index (χ4v) is 6.33. The van der Waals surface area contributed by atoms with Crippen LogP contribution in [-0.2, 0) is 23.4 Å². The predicted octanol–water partition coefficient (Wildman–Crippen LogP) is 6.34. The van der Waals surface area contributed by atoms with Crippen molar-refractivity contribution in [3.63, 3.8) is 0 Å². The summed E-state index contributed by atoms with van der Waals surface area (Å²) in [4.78, 5) is 30.9. The van der Waals surface area contributed by atoms with Crippen molar-refractivity contribution in [1.29, 1.82) is 0 Å². The average Bonchev–Trinajstić information content (AvgIpc) is 3.10. The molecule has 0 spiro atoms. The predicted molar refractivity (Wildman–Crippen MR) is 151 cm³/mol. The summed E-state index contributed by atoms with van der Waals surface area (Å²) in [6.45, 7) is 2.79. The van der Waals surface area contributed by atoms with Gasteiger partial charge in [-0.05, 0) is 48.6 Å². The second kappa shape index (κ2) is 10.1. The summed E-state index contributed by atoms with van der Waals surface area (Å²) >= 11 is 0. The highest BCUT2D eigenvalue weighted by atomic mass is 16.2. The van der Waals surface area contributed by atoms with Gasteiger partial charge in [0.05, 0.1) is 6.54 Å². The number of aryl methyl sites for hydroxylation is 1. The second-order valence-electron chi connectivity index (χ2n) is 10.9. The number of aromatic nitrogens is 1. The third-order valence-corrected chi connectivity index (χ3v) is 8.37. The van der Waals surface area contributed by atoms with Gasteiger partial charge in [0.1, 0.15) is 5.69 Å². The van der Waals surface area contributed by atoms with E-state index in [2.05, 4.69) is 35.0 Å². The average molecular weight is 506 g/mol. The lowest BCUT2D eigenvalue weighted by molar-refractivity contribution is -0.136. The smallest absolute Gasteiger partial charge is 0.272 e. The van der Waals surface area contributed by atoms with Crippen molar-refractivity contribution in [2.45, 2.75) is 70.1 Å². The van der Waals surface area contributed by atoms with Gasteiger partial charge in [0.2, 0.25) is 0 Å². The fourth-order valence-electron chi connectivity index (χ4n) is 6.33. The Balaban J connectivity index is 1.54. The Morgan fingerprint density at radius 3 is 2.29 bits per heavy atom. The van der Waals surface area contributed by atoms with Crippen molar-refractivity contribution in [1.82, 2.24) is 14.8 Å². The highest BCUT2D eigenvalue weighted by molar-refractivity contribution is 6.04. The molecule has 0 unspecified atom stereocenters. The number of fused-ring (bicyclic) bond motifs is 3. The first-order chi connectivity index (χ1) is 18.6. The zero-order valence-corrected chi connectivity index (χ0v) is 22.0. The van der Waals surface area contributed by atoms with E-state index >= 15 is 0 Å². The van der Waals surface area contributed by atoms with Crippen molar-refractivity contribution in [2.24, 2.45) is 0 Å². The molecule has 5 heteroatoms. The minimum atomic E-state index is -1.18. The van der Waals surface area contributed by atoms with Gasteiger partial charge in [-0.2, -0.15) is 0 Å². The van der Waals surface area contributed by atoms with Crippen molar-refractivity contribution < 1.29 is 9.59 Å². The number of carbonyl (C=O) groups is 2. The highest BCUT2D eigenvalue weighted by Gasteiger charge is 2.52. The molecule has 0 saturated heterocycles. The summed E-state index contributed by atoms with van der Waals surface area (Å²) < 4.78 is 2.08. The summed E-state index contributed by atoms with van der Waals surface area (Å²) in [5.41, 5.74) is 3.43. The Labute approximate surface area is 224 Å². The third-order valence-electron chi connectivity index (χ3n) is 8.37. The third kappa shape index (κ3) is 4.30. The molecule has 2 aliphatic rings. The first-order valence-corrected chi connectivity index (χ1v) is 13.9. The molecule has 194 valence electrons. The van der Waals surface area contributed by atoms with Crippen LogP contribution in [0.4, 0.5) is 0 Å². The number of benzene rings is 3. The van der Waals surface area contributed by atoms with Crippen LogP contribution < -0.4 is 5.32 Å². The topological polar surface area (TPSA) is 54.3 Å². The Morgan fingerprint density at radius 1 is 0.895 bits per heavy atom. The maximum absolute atomic E-state index is 14.7. The molecule has 3 aromatic carbocycles. The molecule has 1 N–H and O–H groups in total. The first kappa shape index (κ1) is 24.5. The van der Waals surface area contributed by atoms with Crippen molar-refractivity contribution in [2.75, 3.05) is 0 Å². The van der Waals surface area contributed by atoms with Gasteiger partial charge >= 0.3 is 0 Å². The molecule has 1 atom stereocenters. The monoisotopic (exact) mass is 505 g/mol. The van der Waals surface area contributed by atoms with Crippen molar-refractivity contribution in [3.8, 4) is 0 Å². The van der Waals surface area contributed by atoms with Gasteiger partial charge in [-0.25, -0.2) is 0 Å². The quantitative estimate of drug-likeness (QED) is 0.322. The van der Waals surface area contributed by atoms with Gasteiger partial charge in [-0.1, -0.05) is 98.5 Å². The molecule has 1 aromatic heterocycles. The van der Waals surface area contributed by atoms with E-state index in [0.717, 1.165) is 53.3 Å². The largest absolute Gasteiger partial charge is 0.351 e. The normalized spacial score (nSPS) is 20.2. The lowest BCUT2D eigenvalue weighted by Crippen LogP contribution is -2.63. The summed E-state index contributed by atoms with van der Waals surface area (Å²) in [6, 6.07) is 28.3. The number of rotatable bonds is 5. The van der Waals surface area contributed by atoms with Crippen LogP contribution in [0.15, 0.2) is 84.9 Å². The molecule has 38 heavy (non-hydrogen) atoms. The van der Waals surface area contributed by atoms with E-state index in [9.17, 15) is 9.59 Å². The standard InChI is InChI=1S/C33H35N3O2/c1-24-18-19-26-21-30-31(37)36(22-25-12-6-4-7-13-25)33(23-35(30)29(26)20-24,27-14-8-5-9-15-27)32(38)34-28-16-10-2-3-11-17-28/h4-9,12-15,18-21,28H,2-3,10-11,16-17,22-23H2,1H3,(H,34,38)/t33-/m1/s1. The molecular formula is C33H35N3O2. The molecule has 1 fully saturated rings. The molecule has 5 nitrogen and oxygen atoms in total. The van der Waals surface area contributed by atoms with Crippen molar-refractivity contribution in [3.05, 3.63) is 107 Å². The molecule has 6 rings (SSSR count). The Bertz CT molecular complexity index is 1450. The lowest BCUT2D eigenvalue weighted by Gasteiger charge is -2.47. The molecule has 2 amide bonds. The zero-order valence-electron chi connectivity index (χ0n) is 22.0. The van der Waals surface area contributed by atoms with Gasteiger partial charge in [-0.15, -0.1) is 0 Å². The van der Waals surface area contributed by atoms with E-state index in [4.69, 9.17) is 0 Å². The molecule has 1 aliphatic carbocycles. The van der Waals surface area contributed by atoms with Crippen LogP contribution in [0, 0.1) is 6.92 Å². The summed E-state index contributed by atoms with van der Waals surface area (Å²) in [6.07, 6.45) is 6.66. The van der Waals surface area contributed by atoms with Crippen LogP contribution >= 0.6 is 0 Å². The highest BCUT2D eigenvalue weighted by Crippen LogP contribution is 2.40. The van der Waals surface area contributed by atoms with Crippen LogP contribution in [0.5, 0.6) is 0 Å². The maximum atomic E-state index is 14.7. The maximum Gasteiger partial charge on any atom is 0.272 e. The van der Waals surface area contributed by atoms with Crippen LogP contribution in [0.3, 0.4) is 0 Å². The van der Waals surface area contributed by atoms with Gasteiger partial charge in [-0.3, -0.25) is 9.59 Å². The Kier molecular flexibility index (Phi) is 6.52.